The van der Waals surface area contributed by atoms with E-state index in [4.69, 9.17) is 5.26 Å². The lowest BCUT2D eigenvalue weighted by molar-refractivity contribution is -0.136. The Bertz CT molecular complexity index is 251. The molecule has 0 aromatic rings. The number of nitrogens with zero attached hydrogens (tertiary/aromatic N) is 2. The minimum Gasteiger partial charge on any atom is -0.339 e. The number of rotatable bonds is 4. The van der Waals surface area contributed by atoms with Crippen LogP contribution in [0.1, 0.15) is 26.7 Å². The summed E-state index contributed by atoms with van der Waals surface area (Å²) in [5.74, 6) is 0.316. The molecule has 0 spiro atoms. The van der Waals surface area contributed by atoms with Gasteiger partial charge in [0.25, 0.3) is 0 Å². The summed E-state index contributed by atoms with van der Waals surface area (Å²) in [5, 5.41) is 11.7. The topological polar surface area (TPSA) is 56.1 Å². The molecule has 0 bridgehead atoms. The number of hydrogen-bond donors (Lipinski definition) is 1. The van der Waals surface area contributed by atoms with Crippen LogP contribution < -0.4 is 5.32 Å². The van der Waals surface area contributed by atoms with Gasteiger partial charge in [-0.1, -0.05) is 0 Å². The maximum Gasteiger partial charge on any atom is 0.227 e. The molecule has 4 heteroatoms. The third kappa shape index (κ3) is 3.21. The smallest absolute Gasteiger partial charge is 0.227 e. The first-order valence-corrected chi connectivity index (χ1v) is 5.55. The molecule has 1 rings (SSSR count). The van der Waals surface area contributed by atoms with Crippen molar-refractivity contribution in [2.75, 3.05) is 19.6 Å². The van der Waals surface area contributed by atoms with Crippen molar-refractivity contribution in [2.45, 2.75) is 32.7 Å². The van der Waals surface area contributed by atoms with Crippen molar-refractivity contribution >= 4 is 5.91 Å². The first-order chi connectivity index (χ1) is 7.16. The van der Waals surface area contributed by atoms with E-state index < -0.39 is 0 Å². The summed E-state index contributed by atoms with van der Waals surface area (Å²) in [6, 6.07) is 2.28. The van der Waals surface area contributed by atoms with Crippen LogP contribution in [0.25, 0.3) is 0 Å². The first kappa shape index (κ1) is 12.0. The van der Waals surface area contributed by atoms with E-state index in [-0.39, 0.29) is 17.9 Å². The number of amides is 1. The van der Waals surface area contributed by atoms with Crippen LogP contribution in [0.4, 0.5) is 0 Å². The van der Waals surface area contributed by atoms with Gasteiger partial charge in [-0.3, -0.25) is 4.79 Å². The molecule has 15 heavy (non-hydrogen) atoms. The van der Waals surface area contributed by atoms with Crippen LogP contribution in [0.3, 0.4) is 0 Å². The summed E-state index contributed by atoms with van der Waals surface area (Å²) in [5.41, 5.74) is 0. The summed E-state index contributed by atoms with van der Waals surface area (Å²) in [6.07, 6.45) is 1.35. The van der Waals surface area contributed by atoms with Crippen LogP contribution in [-0.4, -0.2) is 36.5 Å². The van der Waals surface area contributed by atoms with Gasteiger partial charge in [0, 0.05) is 19.1 Å². The summed E-state index contributed by atoms with van der Waals surface area (Å²) >= 11 is 0. The van der Waals surface area contributed by atoms with Crippen molar-refractivity contribution < 1.29 is 4.79 Å². The highest BCUT2D eigenvalue weighted by atomic mass is 16.2. The third-order valence-electron chi connectivity index (χ3n) is 2.78. The van der Waals surface area contributed by atoms with Crippen molar-refractivity contribution in [3.63, 3.8) is 0 Å². The van der Waals surface area contributed by atoms with E-state index in [1.807, 2.05) is 18.7 Å². The summed E-state index contributed by atoms with van der Waals surface area (Å²) in [4.78, 5) is 13.9. The molecule has 0 aromatic heterocycles. The van der Waals surface area contributed by atoms with Crippen molar-refractivity contribution in [2.24, 2.45) is 5.92 Å². The van der Waals surface area contributed by atoms with Gasteiger partial charge in [0.15, 0.2) is 0 Å². The highest BCUT2D eigenvalue weighted by Crippen LogP contribution is 2.14. The van der Waals surface area contributed by atoms with Crippen LogP contribution >= 0.6 is 0 Å². The number of nitrogens with one attached hydrogen (secondary N) is 1. The van der Waals surface area contributed by atoms with Crippen LogP contribution in [0.5, 0.6) is 0 Å². The second-order valence-electron chi connectivity index (χ2n) is 4.22. The quantitative estimate of drug-likeness (QED) is 0.743. The van der Waals surface area contributed by atoms with Crippen molar-refractivity contribution in [1.29, 1.82) is 5.26 Å². The van der Waals surface area contributed by atoms with E-state index in [1.165, 1.54) is 0 Å². The predicted octanol–water partition coefficient (Wildman–Crippen LogP) is 0.747. The molecule has 1 saturated heterocycles. The van der Waals surface area contributed by atoms with Gasteiger partial charge in [0.2, 0.25) is 5.91 Å². The van der Waals surface area contributed by atoms with Crippen LogP contribution in [-0.2, 0) is 4.79 Å². The van der Waals surface area contributed by atoms with Crippen molar-refractivity contribution in [3.8, 4) is 6.07 Å². The van der Waals surface area contributed by atoms with Gasteiger partial charge in [-0.25, -0.2) is 0 Å². The summed E-state index contributed by atoms with van der Waals surface area (Å²) < 4.78 is 0. The van der Waals surface area contributed by atoms with E-state index in [0.717, 1.165) is 19.5 Å². The Kier molecular flexibility index (Phi) is 4.57. The molecule has 1 unspecified atom stereocenters. The molecular weight excluding hydrogens is 190 g/mol. The zero-order chi connectivity index (χ0) is 11.3. The standard InChI is InChI=1S/C11H19N3O/c1-9(2)14(7-3-5-12)11(15)10-4-6-13-8-10/h9-10,13H,3-4,6-8H2,1-2H3. The number of hydrogen-bond acceptors (Lipinski definition) is 3. The van der Waals surface area contributed by atoms with Gasteiger partial charge in [0.1, 0.15) is 0 Å². The Labute approximate surface area is 91.2 Å². The predicted molar refractivity (Wildman–Crippen MR) is 58.1 cm³/mol. The fourth-order valence-electron chi connectivity index (χ4n) is 1.89. The molecule has 1 N–H and O–H groups in total. The van der Waals surface area contributed by atoms with E-state index in [0.29, 0.717) is 13.0 Å². The summed E-state index contributed by atoms with van der Waals surface area (Å²) in [7, 11) is 0. The minimum absolute atomic E-state index is 0.117. The Balaban J connectivity index is 2.54. The van der Waals surface area contributed by atoms with Gasteiger partial charge in [-0.2, -0.15) is 5.26 Å². The largest absolute Gasteiger partial charge is 0.339 e. The van der Waals surface area contributed by atoms with E-state index in [9.17, 15) is 4.79 Å². The maximum absolute atomic E-state index is 12.1. The van der Waals surface area contributed by atoms with Gasteiger partial charge in [0.05, 0.1) is 18.4 Å². The van der Waals surface area contributed by atoms with Crippen molar-refractivity contribution in [3.05, 3.63) is 0 Å². The fourth-order valence-corrected chi connectivity index (χ4v) is 1.89. The lowest BCUT2D eigenvalue weighted by Gasteiger charge is -2.28. The minimum atomic E-state index is 0.117. The molecular formula is C11H19N3O. The molecule has 1 fully saturated rings. The molecule has 0 radical (unpaired) electrons. The van der Waals surface area contributed by atoms with Gasteiger partial charge in [-0.15, -0.1) is 0 Å². The van der Waals surface area contributed by atoms with Gasteiger partial charge < -0.3 is 10.2 Å². The zero-order valence-corrected chi connectivity index (χ0v) is 9.49. The molecule has 1 atom stereocenters. The number of nitriles is 1. The lowest BCUT2D eigenvalue weighted by Crippen LogP contribution is -2.42. The molecule has 1 amide bonds. The highest BCUT2D eigenvalue weighted by Gasteiger charge is 2.27. The average Bonchev–Trinajstić information content (AvgIpc) is 2.70. The van der Waals surface area contributed by atoms with Crippen LogP contribution in [0.15, 0.2) is 0 Å². The summed E-state index contributed by atoms with van der Waals surface area (Å²) in [6.45, 7) is 6.27. The second kappa shape index (κ2) is 5.72. The number of carbonyl (C=O) groups excluding carboxylic acids is 1. The fraction of sp³-hybridized carbons (Fsp3) is 0.818. The molecule has 1 aliphatic rings. The van der Waals surface area contributed by atoms with Crippen LogP contribution in [0, 0.1) is 17.2 Å². The number of carbonyl (C=O) groups is 1. The highest BCUT2D eigenvalue weighted by molar-refractivity contribution is 5.79. The Morgan fingerprint density at radius 3 is 2.87 bits per heavy atom. The first-order valence-electron chi connectivity index (χ1n) is 5.55. The van der Waals surface area contributed by atoms with E-state index in [2.05, 4.69) is 11.4 Å². The molecule has 1 heterocycles. The van der Waals surface area contributed by atoms with Gasteiger partial charge in [-0.05, 0) is 26.8 Å². The zero-order valence-electron chi connectivity index (χ0n) is 9.49. The van der Waals surface area contributed by atoms with Gasteiger partial charge >= 0.3 is 0 Å². The van der Waals surface area contributed by atoms with E-state index >= 15 is 0 Å². The molecule has 0 aromatic carbocycles. The second-order valence-corrected chi connectivity index (χ2v) is 4.22. The maximum atomic E-state index is 12.1. The molecule has 4 nitrogen and oxygen atoms in total. The Morgan fingerprint density at radius 2 is 2.40 bits per heavy atom. The SMILES string of the molecule is CC(C)N(CCC#N)C(=O)C1CCNC1. The molecule has 0 saturated carbocycles. The molecule has 1 aliphatic heterocycles. The Hall–Kier alpha value is -1.08. The third-order valence-corrected chi connectivity index (χ3v) is 2.78. The van der Waals surface area contributed by atoms with Crippen molar-refractivity contribution in [1.82, 2.24) is 10.2 Å². The molecule has 84 valence electrons. The Morgan fingerprint density at radius 1 is 1.67 bits per heavy atom. The normalized spacial score (nSPS) is 20.3. The monoisotopic (exact) mass is 209 g/mol. The lowest BCUT2D eigenvalue weighted by atomic mass is 10.1. The van der Waals surface area contributed by atoms with Crippen LogP contribution in [0.2, 0.25) is 0 Å². The average molecular weight is 209 g/mol. The molecule has 0 aliphatic carbocycles. The van der Waals surface area contributed by atoms with E-state index in [1.54, 1.807) is 0 Å².